The van der Waals surface area contributed by atoms with Crippen LogP contribution in [0.25, 0.3) is 0 Å². The summed E-state index contributed by atoms with van der Waals surface area (Å²) >= 11 is 10.4. The molecule has 0 heterocycles. The average molecular weight is 138 g/mol. The van der Waals surface area contributed by atoms with Crippen molar-refractivity contribution in [3.63, 3.8) is 0 Å². The molecule has 0 saturated carbocycles. The van der Waals surface area contributed by atoms with Crippen LogP contribution in [0.1, 0.15) is 6.92 Å². The molecule has 0 aliphatic carbocycles. The van der Waals surface area contributed by atoms with E-state index in [9.17, 15) is 0 Å². The molecule has 0 spiro atoms. The molecule has 0 unspecified atom stereocenters. The molecule has 1 N–H and O–H groups in total. The molecule has 3 heteroatoms. The van der Waals surface area contributed by atoms with Gasteiger partial charge in [0.2, 0.25) is 0 Å². The highest BCUT2D eigenvalue weighted by Gasteiger charge is 1.80. The Morgan fingerprint density at radius 1 is 1.57 bits per heavy atom. The SMILES string of the molecule is C/C(Cl)=C\C(=N)Cl. The number of halogens is 2. The van der Waals surface area contributed by atoms with Crippen molar-refractivity contribution in [2.75, 3.05) is 0 Å². The van der Waals surface area contributed by atoms with Gasteiger partial charge in [-0.15, -0.1) is 0 Å². The maximum atomic E-state index is 6.63. The van der Waals surface area contributed by atoms with E-state index in [2.05, 4.69) is 0 Å². The third-order valence-electron chi connectivity index (χ3n) is 0.326. The van der Waals surface area contributed by atoms with Crippen molar-refractivity contribution in [2.45, 2.75) is 6.92 Å². The van der Waals surface area contributed by atoms with E-state index in [1.54, 1.807) is 6.92 Å². The lowest BCUT2D eigenvalue weighted by Gasteiger charge is -1.79. The van der Waals surface area contributed by atoms with E-state index in [1.807, 2.05) is 0 Å². The summed E-state index contributed by atoms with van der Waals surface area (Å²) in [6.07, 6.45) is 1.36. The van der Waals surface area contributed by atoms with Gasteiger partial charge in [0.05, 0.1) is 0 Å². The molecule has 0 saturated heterocycles. The predicted octanol–water partition coefficient (Wildman–Crippen LogP) is 2.35. The second kappa shape index (κ2) is 3.05. The van der Waals surface area contributed by atoms with E-state index < -0.39 is 0 Å². The molecule has 0 aromatic heterocycles. The number of hydrogen-bond donors (Lipinski definition) is 1. The largest absolute Gasteiger partial charge is 0.289 e. The Labute approximate surface area is 52.4 Å². The molecular formula is C4H5Cl2N. The van der Waals surface area contributed by atoms with Crippen molar-refractivity contribution in [1.82, 2.24) is 0 Å². The van der Waals surface area contributed by atoms with Crippen molar-refractivity contribution in [3.05, 3.63) is 11.1 Å². The smallest absolute Gasteiger partial charge is 0.121 e. The highest BCUT2D eigenvalue weighted by molar-refractivity contribution is 6.68. The van der Waals surface area contributed by atoms with Crippen LogP contribution in [0.3, 0.4) is 0 Å². The molecule has 0 aliphatic heterocycles. The molecule has 40 valence electrons. The van der Waals surface area contributed by atoms with Crippen LogP contribution in [0.15, 0.2) is 11.1 Å². The van der Waals surface area contributed by atoms with Crippen molar-refractivity contribution >= 4 is 28.4 Å². The zero-order valence-corrected chi connectivity index (χ0v) is 5.35. The first-order valence-electron chi connectivity index (χ1n) is 1.71. The topological polar surface area (TPSA) is 23.9 Å². The molecule has 0 rings (SSSR count). The summed E-state index contributed by atoms with van der Waals surface area (Å²) in [5.41, 5.74) is 0. The van der Waals surface area contributed by atoms with E-state index in [0.717, 1.165) is 0 Å². The first-order valence-corrected chi connectivity index (χ1v) is 2.46. The van der Waals surface area contributed by atoms with Crippen LogP contribution >= 0.6 is 23.2 Å². The minimum absolute atomic E-state index is 0.0347. The van der Waals surface area contributed by atoms with Gasteiger partial charge in [0.1, 0.15) is 5.17 Å². The summed E-state index contributed by atoms with van der Waals surface area (Å²) in [6, 6.07) is 0. The molecular weight excluding hydrogens is 133 g/mol. The van der Waals surface area contributed by atoms with E-state index >= 15 is 0 Å². The monoisotopic (exact) mass is 137 g/mol. The van der Waals surface area contributed by atoms with Gasteiger partial charge in [-0.1, -0.05) is 23.2 Å². The summed E-state index contributed by atoms with van der Waals surface area (Å²) in [4.78, 5) is 0. The summed E-state index contributed by atoms with van der Waals surface area (Å²) in [7, 11) is 0. The van der Waals surface area contributed by atoms with Gasteiger partial charge in [0.25, 0.3) is 0 Å². The lowest BCUT2D eigenvalue weighted by molar-refractivity contribution is 1.55. The maximum absolute atomic E-state index is 6.63. The van der Waals surface area contributed by atoms with Crippen molar-refractivity contribution < 1.29 is 0 Å². The van der Waals surface area contributed by atoms with Crippen LogP contribution in [0, 0.1) is 5.41 Å². The number of rotatable bonds is 1. The second-order valence-corrected chi connectivity index (χ2v) is 2.08. The first-order chi connectivity index (χ1) is 3.13. The van der Waals surface area contributed by atoms with Gasteiger partial charge in [-0.2, -0.15) is 0 Å². The number of allylic oxidation sites excluding steroid dienone is 2. The van der Waals surface area contributed by atoms with E-state index in [0.29, 0.717) is 5.03 Å². The highest BCUT2D eigenvalue weighted by Crippen LogP contribution is 1.98. The lowest BCUT2D eigenvalue weighted by Crippen LogP contribution is -1.72. The van der Waals surface area contributed by atoms with Crippen molar-refractivity contribution in [3.8, 4) is 0 Å². The van der Waals surface area contributed by atoms with E-state index in [1.165, 1.54) is 6.08 Å². The Morgan fingerprint density at radius 2 is 2.00 bits per heavy atom. The summed E-state index contributed by atoms with van der Waals surface area (Å²) in [5.74, 6) is 0. The summed E-state index contributed by atoms with van der Waals surface area (Å²) < 4.78 is 0. The van der Waals surface area contributed by atoms with E-state index in [4.69, 9.17) is 28.6 Å². The summed E-state index contributed by atoms with van der Waals surface area (Å²) in [5, 5.41) is 7.12. The Hall–Kier alpha value is -0.0100. The van der Waals surface area contributed by atoms with Crippen molar-refractivity contribution in [2.24, 2.45) is 0 Å². The fourth-order valence-corrected chi connectivity index (χ4v) is 0.503. The normalized spacial score (nSPS) is 11.6. The number of nitrogens with one attached hydrogen (secondary N) is 1. The lowest BCUT2D eigenvalue weighted by atomic mass is 10.6. The maximum Gasteiger partial charge on any atom is 0.121 e. The fourth-order valence-electron chi connectivity index (χ4n) is 0.175. The standard InChI is InChI=1S/C4H5Cl2N/c1-3(5)2-4(6)7/h2,7H,1H3/b3-2+,7-4?. The van der Waals surface area contributed by atoms with Gasteiger partial charge in [-0.25, -0.2) is 0 Å². The van der Waals surface area contributed by atoms with Crippen molar-refractivity contribution in [1.29, 1.82) is 5.41 Å². The van der Waals surface area contributed by atoms with Gasteiger partial charge in [-0.3, -0.25) is 5.41 Å². The molecule has 0 fully saturated rings. The molecule has 1 nitrogen and oxygen atoms in total. The third kappa shape index (κ3) is 5.99. The molecule has 0 bridgehead atoms. The molecule has 0 aromatic rings. The molecule has 0 amide bonds. The third-order valence-corrected chi connectivity index (χ3v) is 0.544. The minimum Gasteiger partial charge on any atom is -0.289 e. The molecule has 0 aliphatic rings. The van der Waals surface area contributed by atoms with Crippen LogP contribution < -0.4 is 0 Å². The van der Waals surface area contributed by atoms with Crippen LogP contribution in [0.4, 0.5) is 0 Å². The van der Waals surface area contributed by atoms with Crippen LogP contribution in [-0.2, 0) is 0 Å². The van der Waals surface area contributed by atoms with Crippen LogP contribution in [-0.4, -0.2) is 5.17 Å². The van der Waals surface area contributed by atoms with Gasteiger partial charge in [0, 0.05) is 5.03 Å². The predicted molar refractivity (Wildman–Crippen MR) is 33.2 cm³/mol. The minimum atomic E-state index is -0.0347. The van der Waals surface area contributed by atoms with Gasteiger partial charge >= 0.3 is 0 Å². The van der Waals surface area contributed by atoms with Gasteiger partial charge in [0.15, 0.2) is 0 Å². The Balaban J connectivity index is 3.68. The van der Waals surface area contributed by atoms with E-state index in [-0.39, 0.29) is 5.17 Å². The Bertz CT molecular complexity index is 102. The molecule has 7 heavy (non-hydrogen) atoms. The van der Waals surface area contributed by atoms with Gasteiger partial charge in [-0.05, 0) is 13.0 Å². The molecule has 0 aromatic carbocycles. The van der Waals surface area contributed by atoms with Crippen LogP contribution in [0.2, 0.25) is 0 Å². The van der Waals surface area contributed by atoms with Crippen LogP contribution in [0.5, 0.6) is 0 Å². The Morgan fingerprint density at radius 3 is 2.00 bits per heavy atom. The van der Waals surface area contributed by atoms with Gasteiger partial charge < -0.3 is 0 Å². The fraction of sp³-hybridized carbons (Fsp3) is 0.250. The Kier molecular flexibility index (Phi) is 3.05. The number of hydrogen-bond acceptors (Lipinski definition) is 1. The zero-order chi connectivity index (χ0) is 5.86. The zero-order valence-electron chi connectivity index (χ0n) is 3.83. The average Bonchev–Trinajstić information content (AvgIpc) is 1.27. The highest BCUT2D eigenvalue weighted by atomic mass is 35.5. The first kappa shape index (κ1) is 6.99. The summed E-state index contributed by atoms with van der Waals surface area (Å²) in [6.45, 7) is 1.67. The quantitative estimate of drug-likeness (QED) is 0.537. The molecule has 0 radical (unpaired) electrons. The second-order valence-electron chi connectivity index (χ2n) is 1.08. The molecule has 0 atom stereocenters.